The van der Waals surface area contributed by atoms with E-state index < -0.39 is 0 Å². The molecule has 0 radical (unpaired) electrons. The van der Waals surface area contributed by atoms with E-state index in [0.29, 0.717) is 11.9 Å². The van der Waals surface area contributed by atoms with Crippen LogP contribution < -0.4 is 5.32 Å². The number of anilines is 1. The van der Waals surface area contributed by atoms with E-state index in [9.17, 15) is 4.79 Å². The van der Waals surface area contributed by atoms with Crippen LogP contribution in [0.2, 0.25) is 0 Å². The fourth-order valence-corrected chi connectivity index (χ4v) is 4.34. The SMILES string of the molecule is COC(=O)Cc1nc(NC2CCCCCC2)c2c(C)c(C)sc2n1. The molecule has 0 unspecified atom stereocenters. The van der Waals surface area contributed by atoms with Gasteiger partial charge in [0.2, 0.25) is 0 Å². The van der Waals surface area contributed by atoms with Gasteiger partial charge >= 0.3 is 5.97 Å². The van der Waals surface area contributed by atoms with Gasteiger partial charge in [-0.2, -0.15) is 0 Å². The fraction of sp³-hybridized carbons (Fsp3) is 0.611. The van der Waals surface area contributed by atoms with Crippen molar-refractivity contribution in [1.82, 2.24) is 9.97 Å². The number of carbonyl (C=O) groups is 1. The Bertz CT molecular complexity index is 733. The molecule has 2 aromatic rings. The minimum atomic E-state index is -0.306. The Morgan fingerprint density at radius 2 is 1.92 bits per heavy atom. The summed E-state index contributed by atoms with van der Waals surface area (Å²) in [5.41, 5.74) is 1.23. The first kappa shape index (κ1) is 17.1. The van der Waals surface area contributed by atoms with E-state index in [2.05, 4.69) is 29.1 Å². The van der Waals surface area contributed by atoms with E-state index >= 15 is 0 Å². The van der Waals surface area contributed by atoms with Crippen molar-refractivity contribution in [2.45, 2.75) is 64.8 Å². The first-order chi connectivity index (χ1) is 11.6. The maximum atomic E-state index is 11.6. The van der Waals surface area contributed by atoms with Crippen molar-refractivity contribution in [3.63, 3.8) is 0 Å². The minimum absolute atomic E-state index is 0.113. The summed E-state index contributed by atoms with van der Waals surface area (Å²) in [6.07, 6.45) is 7.65. The van der Waals surface area contributed by atoms with Crippen LogP contribution in [0.15, 0.2) is 0 Å². The molecule has 1 N–H and O–H groups in total. The predicted molar refractivity (Wildman–Crippen MR) is 97.7 cm³/mol. The number of esters is 1. The normalized spacial score (nSPS) is 16.1. The molecule has 0 atom stereocenters. The van der Waals surface area contributed by atoms with Crippen molar-refractivity contribution in [3.05, 3.63) is 16.3 Å². The Labute approximate surface area is 146 Å². The molecule has 0 saturated heterocycles. The highest BCUT2D eigenvalue weighted by molar-refractivity contribution is 7.18. The van der Waals surface area contributed by atoms with Crippen LogP contribution in [0, 0.1) is 13.8 Å². The first-order valence-electron chi connectivity index (χ1n) is 8.68. The van der Waals surface area contributed by atoms with Crippen LogP contribution in [-0.2, 0) is 16.0 Å². The van der Waals surface area contributed by atoms with Gasteiger partial charge in [0, 0.05) is 10.9 Å². The Morgan fingerprint density at radius 3 is 2.58 bits per heavy atom. The third-order valence-electron chi connectivity index (χ3n) is 4.80. The summed E-state index contributed by atoms with van der Waals surface area (Å²) >= 11 is 1.66. The minimum Gasteiger partial charge on any atom is -0.469 e. The number of hydrogen-bond donors (Lipinski definition) is 1. The Kier molecular flexibility index (Phi) is 5.33. The second-order valence-electron chi connectivity index (χ2n) is 6.54. The largest absolute Gasteiger partial charge is 0.469 e. The number of methoxy groups -OCH3 is 1. The van der Waals surface area contributed by atoms with E-state index in [4.69, 9.17) is 4.74 Å². The molecule has 2 aromatic heterocycles. The lowest BCUT2D eigenvalue weighted by Crippen LogP contribution is -2.20. The standard InChI is InChI=1S/C18H25N3O2S/c1-11-12(2)24-18-16(11)17(19-13-8-6-4-5-7-9-13)20-14(21-18)10-15(22)23-3/h13H,4-10H2,1-3H3,(H,19,20,21). The van der Waals surface area contributed by atoms with Crippen molar-refractivity contribution >= 4 is 33.3 Å². The topological polar surface area (TPSA) is 64.1 Å². The monoisotopic (exact) mass is 347 g/mol. The number of aromatic nitrogens is 2. The second kappa shape index (κ2) is 7.47. The molecule has 5 nitrogen and oxygen atoms in total. The summed E-state index contributed by atoms with van der Waals surface area (Å²) < 4.78 is 4.77. The number of aryl methyl sites for hydroxylation is 2. The molecular formula is C18H25N3O2S. The molecule has 24 heavy (non-hydrogen) atoms. The van der Waals surface area contributed by atoms with Gasteiger partial charge in [-0.1, -0.05) is 25.7 Å². The third-order valence-corrected chi connectivity index (χ3v) is 5.90. The predicted octanol–water partition coefficient (Wildman–Crippen LogP) is 4.16. The third kappa shape index (κ3) is 3.69. The van der Waals surface area contributed by atoms with E-state index in [0.717, 1.165) is 16.0 Å². The van der Waals surface area contributed by atoms with Gasteiger partial charge in [-0.05, 0) is 32.3 Å². The smallest absolute Gasteiger partial charge is 0.313 e. The zero-order valence-electron chi connectivity index (χ0n) is 14.6. The van der Waals surface area contributed by atoms with Crippen LogP contribution in [0.25, 0.3) is 10.2 Å². The number of nitrogens with one attached hydrogen (secondary N) is 1. The molecule has 6 heteroatoms. The molecule has 0 aliphatic heterocycles. The highest BCUT2D eigenvalue weighted by Crippen LogP contribution is 2.34. The number of nitrogens with zero attached hydrogens (tertiary/aromatic N) is 2. The second-order valence-corrected chi connectivity index (χ2v) is 7.74. The maximum Gasteiger partial charge on any atom is 0.313 e. The number of thiophene rings is 1. The van der Waals surface area contributed by atoms with Gasteiger partial charge < -0.3 is 10.1 Å². The van der Waals surface area contributed by atoms with Crippen molar-refractivity contribution < 1.29 is 9.53 Å². The van der Waals surface area contributed by atoms with Crippen LogP contribution in [0.4, 0.5) is 5.82 Å². The molecule has 1 saturated carbocycles. The average Bonchev–Trinajstić information content (AvgIpc) is 2.74. The maximum absolute atomic E-state index is 11.6. The Balaban J connectivity index is 1.97. The van der Waals surface area contributed by atoms with Gasteiger partial charge in [-0.3, -0.25) is 4.79 Å². The highest BCUT2D eigenvalue weighted by atomic mass is 32.1. The zero-order valence-corrected chi connectivity index (χ0v) is 15.5. The summed E-state index contributed by atoms with van der Waals surface area (Å²) in [6, 6.07) is 0.455. The summed E-state index contributed by atoms with van der Waals surface area (Å²) in [5.74, 6) is 1.11. The molecule has 0 spiro atoms. The van der Waals surface area contributed by atoms with Crippen molar-refractivity contribution in [3.8, 4) is 0 Å². The summed E-state index contributed by atoms with van der Waals surface area (Å²) in [5, 5.41) is 4.76. The molecule has 0 amide bonds. The molecule has 1 aliphatic carbocycles. The first-order valence-corrected chi connectivity index (χ1v) is 9.50. The zero-order chi connectivity index (χ0) is 17.1. The van der Waals surface area contributed by atoms with Crippen LogP contribution in [0.3, 0.4) is 0 Å². The summed E-state index contributed by atoms with van der Waals surface area (Å²) in [6.45, 7) is 4.23. The van der Waals surface area contributed by atoms with Gasteiger partial charge in [-0.25, -0.2) is 9.97 Å². The van der Waals surface area contributed by atoms with Crippen molar-refractivity contribution in [2.75, 3.05) is 12.4 Å². The molecule has 2 heterocycles. The highest BCUT2D eigenvalue weighted by Gasteiger charge is 2.19. The van der Waals surface area contributed by atoms with Gasteiger partial charge in [0.05, 0.1) is 12.5 Å². The van der Waals surface area contributed by atoms with Crippen LogP contribution in [0.5, 0.6) is 0 Å². The summed E-state index contributed by atoms with van der Waals surface area (Å²) in [7, 11) is 1.39. The van der Waals surface area contributed by atoms with E-state index in [1.807, 2.05) is 0 Å². The van der Waals surface area contributed by atoms with Gasteiger partial charge in [0.1, 0.15) is 22.9 Å². The summed E-state index contributed by atoms with van der Waals surface area (Å²) in [4.78, 5) is 23.1. The van der Waals surface area contributed by atoms with Gasteiger partial charge in [-0.15, -0.1) is 11.3 Å². The van der Waals surface area contributed by atoms with Crippen molar-refractivity contribution in [2.24, 2.45) is 0 Å². The fourth-order valence-electron chi connectivity index (χ4n) is 3.30. The lowest BCUT2D eigenvalue weighted by atomic mass is 10.1. The van der Waals surface area contributed by atoms with Crippen LogP contribution >= 0.6 is 11.3 Å². The molecule has 130 valence electrons. The van der Waals surface area contributed by atoms with Crippen LogP contribution in [-0.4, -0.2) is 29.1 Å². The molecule has 0 bridgehead atoms. The number of ether oxygens (including phenoxy) is 1. The number of hydrogen-bond acceptors (Lipinski definition) is 6. The van der Waals surface area contributed by atoms with E-state index in [-0.39, 0.29) is 12.4 Å². The van der Waals surface area contributed by atoms with E-state index in [1.165, 1.54) is 56.1 Å². The molecular weight excluding hydrogens is 322 g/mol. The Hall–Kier alpha value is -1.69. The number of carbonyl (C=O) groups excluding carboxylic acids is 1. The van der Waals surface area contributed by atoms with Crippen LogP contribution in [0.1, 0.15) is 54.8 Å². The number of fused-ring (bicyclic) bond motifs is 1. The lowest BCUT2D eigenvalue weighted by Gasteiger charge is -2.18. The molecule has 1 aliphatic rings. The number of rotatable bonds is 4. The van der Waals surface area contributed by atoms with Crippen molar-refractivity contribution in [1.29, 1.82) is 0 Å². The molecule has 0 aromatic carbocycles. The average molecular weight is 347 g/mol. The molecule has 1 fully saturated rings. The quantitative estimate of drug-likeness (QED) is 0.664. The molecule has 3 rings (SSSR count). The van der Waals surface area contributed by atoms with Gasteiger partial charge in [0.15, 0.2) is 0 Å². The Morgan fingerprint density at radius 1 is 1.21 bits per heavy atom. The van der Waals surface area contributed by atoms with Gasteiger partial charge in [0.25, 0.3) is 0 Å². The lowest BCUT2D eigenvalue weighted by molar-refractivity contribution is -0.139. The van der Waals surface area contributed by atoms with E-state index in [1.54, 1.807) is 11.3 Å².